The van der Waals surface area contributed by atoms with Gasteiger partial charge >= 0.3 is 5.97 Å². The fraction of sp³-hybridized carbons (Fsp3) is 0.214. The van der Waals surface area contributed by atoms with Crippen molar-refractivity contribution in [3.05, 3.63) is 47.2 Å². The van der Waals surface area contributed by atoms with Crippen LogP contribution in [0.25, 0.3) is 11.3 Å². The highest BCUT2D eigenvalue weighted by molar-refractivity contribution is 5.87. The van der Waals surface area contributed by atoms with Crippen molar-refractivity contribution >= 4 is 5.97 Å². The first-order valence-corrected chi connectivity index (χ1v) is 5.38. The first-order valence-electron chi connectivity index (χ1n) is 5.38. The fourth-order valence-electron chi connectivity index (χ4n) is 1.89. The molecule has 2 rings (SSSR count). The summed E-state index contributed by atoms with van der Waals surface area (Å²) in [5.74, 6) is 0.466. The normalized spacial score (nSPS) is 10.3. The molecule has 2 aromatic rings. The van der Waals surface area contributed by atoms with E-state index in [9.17, 15) is 4.79 Å². The molecule has 1 heterocycles. The van der Waals surface area contributed by atoms with E-state index in [1.165, 1.54) is 7.11 Å². The largest absolute Gasteiger partial charge is 0.463 e. The first-order chi connectivity index (χ1) is 8.13. The lowest BCUT2D eigenvalue weighted by Crippen LogP contribution is -1.98. The summed E-state index contributed by atoms with van der Waals surface area (Å²) < 4.78 is 10.1. The van der Waals surface area contributed by atoms with E-state index < -0.39 is 5.97 Å². The molecular weight excluding hydrogens is 216 g/mol. The van der Waals surface area contributed by atoms with Gasteiger partial charge in [-0.2, -0.15) is 0 Å². The Balaban J connectivity index is 2.47. The average Bonchev–Trinajstić information content (AvgIpc) is 2.77. The predicted molar refractivity (Wildman–Crippen MR) is 65.0 cm³/mol. The highest BCUT2D eigenvalue weighted by atomic mass is 16.5. The van der Waals surface area contributed by atoms with E-state index in [1.54, 1.807) is 12.1 Å². The Hall–Kier alpha value is -2.03. The summed E-state index contributed by atoms with van der Waals surface area (Å²) in [7, 11) is 1.34. The lowest BCUT2D eigenvalue weighted by Gasteiger charge is -2.06. The zero-order valence-corrected chi connectivity index (χ0v) is 10.1. The Kier molecular flexibility index (Phi) is 3.00. The Bertz CT molecular complexity index is 532. The maximum atomic E-state index is 11.3. The van der Waals surface area contributed by atoms with Gasteiger partial charge in [-0.3, -0.25) is 0 Å². The van der Waals surface area contributed by atoms with Crippen LogP contribution in [0.5, 0.6) is 0 Å². The van der Waals surface area contributed by atoms with E-state index in [1.807, 2.05) is 32.0 Å². The van der Waals surface area contributed by atoms with Gasteiger partial charge < -0.3 is 9.15 Å². The van der Waals surface area contributed by atoms with Crippen LogP contribution < -0.4 is 0 Å². The molecule has 0 amide bonds. The Morgan fingerprint density at radius 1 is 1.12 bits per heavy atom. The molecule has 0 N–H and O–H groups in total. The molecule has 17 heavy (non-hydrogen) atoms. The minimum absolute atomic E-state index is 0.227. The van der Waals surface area contributed by atoms with Crippen LogP contribution in [0.3, 0.4) is 0 Å². The third kappa shape index (κ3) is 2.09. The van der Waals surface area contributed by atoms with Gasteiger partial charge in [0, 0.05) is 5.56 Å². The number of carbonyl (C=O) groups is 1. The zero-order chi connectivity index (χ0) is 12.4. The van der Waals surface area contributed by atoms with Crippen LogP contribution in [-0.4, -0.2) is 13.1 Å². The standard InChI is InChI=1S/C14H14O3/c1-9-5-4-6-10(2)13(9)11-7-8-12(17-11)14(15)16-3/h4-8H,1-3H3. The summed E-state index contributed by atoms with van der Waals surface area (Å²) in [5, 5.41) is 0. The SMILES string of the molecule is COC(=O)c1ccc(-c2c(C)cccc2C)o1. The summed E-state index contributed by atoms with van der Waals surface area (Å²) in [6.45, 7) is 4.03. The van der Waals surface area contributed by atoms with Gasteiger partial charge in [0.15, 0.2) is 0 Å². The summed E-state index contributed by atoms with van der Waals surface area (Å²) in [4.78, 5) is 11.3. The van der Waals surface area contributed by atoms with Gasteiger partial charge in [0.25, 0.3) is 0 Å². The second kappa shape index (κ2) is 4.45. The number of furan rings is 1. The van der Waals surface area contributed by atoms with Gasteiger partial charge in [-0.25, -0.2) is 4.79 Å². The number of carbonyl (C=O) groups excluding carboxylic acids is 1. The van der Waals surface area contributed by atoms with Crippen LogP contribution in [0.1, 0.15) is 21.7 Å². The van der Waals surface area contributed by atoms with E-state index in [0.29, 0.717) is 5.76 Å². The van der Waals surface area contributed by atoms with Crippen molar-refractivity contribution in [1.29, 1.82) is 0 Å². The van der Waals surface area contributed by atoms with Crippen LogP contribution in [0.4, 0.5) is 0 Å². The molecule has 0 unspecified atom stereocenters. The average molecular weight is 230 g/mol. The zero-order valence-electron chi connectivity index (χ0n) is 10.1. The van der Waals surface area contributed by atoms with Crippen molar-refractivity contribution in [3.8, 4) is 11.3 Å². The molecule has 0 spiro atoms. The summed E-state index contributed by atoms with van der Waals surface area (Å²) in [6.07, 6.45) is 0. The van der Waals surface area contributed by atoms with Crippen LogP contribution in [0, 0.1) is 13.8 Å². The number of methoxy groups -OCH3 is 1. The minimum Gasteiger partial charge on any atom is -0.463 e. The summed E-state index contributed by atoms with van der Waals surface area (Å²) in [5.41, 5.74) is 3.27. The van der Waals surface area contributed by atoms with Gasteiger partial charge in [-0.05, 0) is 37.1 Å². The molecule has 0 radical (unpaired) electrons. The van der Waals surface area contributed by atoms with E-state index in [4.69, 9.17) is 4.42 Å². The molecule has 1 aromatic heterocycles. The van der Waals surface area contributed by atoms with Crippen LogP contribution >= 0.6 is 0 Å². The molecule has 0 bridgehead atoms. The molecule has 0 aliphatic heterocycles. The minimum atomic E-state index is -0.456. The van der Waals surface area contributed by atoms with Gasteiger partial charge in [0.05, 0.1) is 7.11 Å². The van der Waals surface area contributed by atoms with Crippen molar-refractivity contribution in [3.63, 3.8) is 0 Å². The quantitative estimate of drug-likeness (QED) is 0.743. The van der Waals surface area contributed by atoms with E-state index >= 15 is 0 Å². The van der Waals surface area contributed by atoms with Crippen molar-refractivity contribution in [2.45, 2.75) is 13.8 Å². The number of rotatable bonds is 2. The van der Waals surface area contributed by atoms with E-state index in [2.05, 4.69) is 4.74 Å². The number of hydrogen-bond donors (Lipinski definition) is 0. The van der Waals surface area contributed by atoms with Crippen LogP contribution in [-0.2, 0) is 4.74 Å². The van der Waals surface area contributed by atoms with Crippen molar-refractivity contribution in [1.82, 2.24) is 0 Å². The molecule has 88 valence electrons. The summed E-state index contributed by atoms with van der Waals surface area (Å²) in [6, 6.07) is 9.46. The van der Waals surface area contributed by atoms with Gasteiger partial charge in [-0.15, -0.1) is 0 Å². The van der Waals surface area contributed by atoms with E-state index in [-0.39, 0.29) is 5.76 Å². The smallest absolute Gasteiger partial charge is 0.373 e. The monoisotopic (exact) mass is 230 g/mol. The van der Waals surface area contributed by atoms with Crippen LogP contribution in [0.2, 0.25) is 0 Å². The Labute approximate surface area is 100 Å². The fourth-order valence-corrected chi connectivity index (χ4v) is 1.89. The molecule has 3 nitrogen and oxygen atoms in total. The maximum Gasteiger partial charge on any atom is 0.373 e. The van der Waals surface area contributed by atoms with Gasteiger partial charge in [-0.1, -0.05) is 18.2 Å². The second-order valence-electron chi connectivity index (χ2n) is 3.92. The molecule has 1 aromatic carbocycles. The maximum absolute atomic E-state index is 11.3. The Morgan fingerprint density at radius 3 is 2.35 bits per heavy atom. The molecule has 0 atom stereocenters. The molecule has 0 aliphatic rings. The van der Waals surface area contributed by atoms with Crippen molar-refractivity contribution in [2.24, 2.45) is 0 Å². The second-order valence-corrected chi connectivity index (χ2v) is 3.92. The predicted octanol–water partition coefficient (Wildman–Crippen LogP) is 3.35. The highest BCUT2D eigenvalue weighted by Crippen LogP contribution is 2.28. The summed E-state index contributed by atoms with van der Waals surface area (Å²) >= 11 is 0. The molecule has 0 fully saturated rings. The van der Waals surface area contributed by atoms with Gasteiger partial charge in [0.2, 0.25) is 5.76 Å². The van der Waals surface area contributed by atoms with Crippen molar-refractivity contribution in [2.75, 3.05) is 7.11 Å². The van der Waals surface area contributed by atoms with E-state index in [0.717, 1.165) is 16.7 Å². The third-order valence-electron chi connectivity index (χ3n) is 2.72. The number of ether oxygens (including phenoxy) is 1. The van der Waals surface area contributed by atoms with Crippen LogP contribution in [0.15, 0.2) is 34.7 Å². The first kappa shape index (κ1) is 11.5. The molecular formula is C14H14O3. The number of hydrogen-bond acceptors (Lipinski definition) is 3. The molecule has 0 aliphatic carbocycles. The lowest BCUT2D eigenvalue weighted by atomic mass is 10.0. The topological polar surface area (TPSA) is 39.4 Å². The number of aryl methyl sites for hydroxylation is 2. The lowest BCUT2D eigenvalue weighted by molar-refractivity contribution is 0.0566. The number of esters is 1. The molecule has 0 saturated heterocycles. The van der Waals surface area contributed by atoms with Crippen molar-refractivity contribution < 1.29 is 13.9 Å². The Morgan fingerprint density at radius 2 is 1.76 bits per heavy atom. The highest BCUT2D eigenvalue weighted by Gasteiger charge is 2.14. The molecule has 0 saturated carbocycles. The van der Waals surface area contributed by atoms with Gasteiger partial charge in [0.1, 0.15) is 5.76 Å². The third-order valence-corrected chi connectivity index (χ3v) is 2.72. The number of benzene rings is 1. The molecule has 3 heteroatoms.